The quantitative estimate of drug-likeness (QED) is 0.827. The number of benzene rings is 1. The molecule has 1 saturated heterocycles. The lowest BCUT2D eigenvalue weighted by Crippen LogP contribution is -2.45. The Balaban J connectivity index is 1.80. The molecule has 2 heterocycles. The SMILES string of the molecule is COc1ccc(C(CNC2=NCCN2C)N2CCOCC2)cc1OC. The minimum Gasteiger partial charge on any atom is -0.493 e. The highest BCUT2D eigenvalue weighted by atomic mass is 16.5. The summed E-state index contributed by atoms with van der Waals surface area (Å²) >= 11 is 0. The molecule has 7 heteroatoms. The largest absolute Gasteiger partial charge is 0.493 e. The van der Waals surface area contributed by atoms with Crippen LogP contribution in [0.25, 0.3) is 0 Å². The summed E-state index contributed by atoms with van der Waals surface area (Å²) in [5, 5.41) is 3.51. The molecule has 0 bridgehead atoms. The van der Waals surface area contributed by atoms with Gasteiger partial charge in [0.1, 0.15) is 0 Å². The van der Waals surface area contributed by atoms with E-state index in [1.54, 1.807) is 14.2 Å². The van der Waals surface area contributed by atoms with Gasteiger partial charge in [0.2, 0.25) is 0 Å². The first kappa shape index (κ1) is 17.8. The number of hydrogen-bond acceptors (Lipinski definition) is 7. The smallest absolute Gasteiger partial charge is 0.193 e. The van der Waals surface area contributed by atoms with Gasteiger partial charge in [0.05, 0.1) is 40.0 Å². The highest BCUT2D eigenvalue weighted by Gasteiger charge is 2.25. The Morgan fingerprint density at radius 2 is 1.92 bits per heavy atom. The number of aliphatic imine (C=N–C) groups is 1. The maximum Gasteiger partial charge on any atom is 0.193 e. The lowest BCUT2D eigenvalue weighted by atomic mass is 10.0. The van der Waals surface area contributed by atoms with E-state index in [1.165, 1.54) is 5.56 Å². The molecule has 138 valence electrons. The molecule has 7 nitrogen and oxygen atoms in total. The molecule has 1 aromatic carbocycles. The van der Waals surface area contributed by atoms with Crippen LogP contribution in [0.5, 0.6) is 11.5 Å². The van der Waals surface area contributed by atoms with Crippen molar-refractivity contribution >= 4 is 5.96 Å². The van der Waals surface area contributed by atoms with E-state index in [2.05, 4.69) is 39.3 Å². The van der Waals surface area contributed by atoms with Crippen molar-refractivity contribution in [1.29, 1.82) is 0 Å². The Hall–Kier alpha value is -1.99. The molecule has 0 saturated carbocycles. The first-order valence-electron chi connectivity index (χ1n) is 8.76. The van der Waals surface area contributed by atoms with Gasteiger partial charge in [-0.2, -0.15) is 0 Å². The average Bonchev–Trinajstić information content (AvgIpc) is 3.07. The number of nitrogens with zero attached hydrogens (tertiary/aromatic N) is 3. The second kappa shape index (κ2) is 8.40. The van der Waals surface area contributed by atoms with Crippen LogP contribution in [0.2, 0.25) is 0 Å². The predicted molar refractivity (Wildman–Crippen MR) is 97.6 cm³/mol. The highest BCUT2D eigenvalue weighted by molar-refractivity contribution is 5.81. The monoisotopic (exact) mass is 348 g/mol. The van der Waals surface area contributed by atoms with E-state index < -0.39 is 0 Å². The van der Waals surface area contributed by atoms with Crippen LogP contribution in [0.3, 0.4) is 0 Å². The Kier molecular flexibility index (Phi) is 5.99. The number of nitrogens with one attached hydrogen (secondary N) is 1. The second-order valence-electron chi connectivity index (χ2n) is 6.29. The maximum atomic E-state index is 5.52. The number of morpholine rings is 1. The fraction of sp³-hybridized carbons (Fsp3) is 0.611. The minimum atomic E-state index is 0.223. The summed E-state index contributed by atoms with van der Waals surface area (Å²) in [4.78, 5) is 9.14. The zero-order valence-corrected chi connectivity index (χ0v) is 15.3. The number of hydrogen-bond donors (Lipinski definition) is 1. The Morgan fingerprint density at radius 3 is 2.56 bits per heavy atom. The zero-order chi connectivity index (χ0) is 17.6. The summed E-state index contributed by atoms with van der Waals surface area (Å²) in [5.41, 5.74) is 1.20. The molecule has 2 aliphatic heterocycles. The van der Waals surface area contributed by atoms with Crippen molar-refractivity contribution in [3.05, 3.63) is 23.8 Å². The van der Waals surface area contributed by atoms with Crippen molar-refractivity contribution in [2.75, 3.05) is 67.2 Å². The van der Waals surface area contributed by atoms with Gasteiger partial charge < -0.3 is 24.4 Å². The summed E-state index contributed by atoms with van der Waals surface area (Å²) in [6.45, 7) is 6.00. The van der Waals surface area contributed by atoms with Gasteiger partial charge in [0, 0.05) is 33.2 Å². The number of ether oxygens (including phenoxy) is 3. The number of rotatable bonds is 6. The molecule has 25 heavy (non-hydrogen) atoms. The first-order valence-corrected chi connectivity index (χ1v) is 8.76. The summed E-state index contributed by atoms with van der Waals surface area (Å²) in [5.74, 6) is 2.48. The van der Waals surface area contributed by atoms with Crippen molar-refractivity contribution in [2.45, 2.75) is 6.04 Å². The Labute approximate surface area is 149 Å². The van der Waals surface area contributed by atoms with Gasteiger partial charge in [-0.1, -0.05) is 6.07 Å². The van der Waals surface area contributed by atoms with Gasteiger partial charge in [-0.3, -0.25) is 9.89 Å². The molecule has 1 aromatic rings. The molecule has 0 radical (unpaired) electrons. The average molecular weight is 348 g/mol. The predicted octanol–water partition coefficient (Wildman–Crippen LogP) is 0.968. The lowest BCUT2D eigenvalue weighted by molar-refractivity contribution is 0.0169. The molecule has 0 spiro atoms. The summed E-state index contributed by atoms with van der Waals surface area (Å²) in [6.07, 6.45) is 0. The third-order valence-electron chi connectivity index (χ3n) is 4.79. The topological polar surface area (TPSA) is 58.6 Å². The third kappa shape index (κ3) is 4.16. The van der Waals surface area contributed by atoms with Gasteiger partial charge in [-0.15, -0.1) is 0 Å². The van der Waals surface area contributed by atoms with E-state index in [-0.39, 0.29) is 6.04 Å². The maximum absolute atomic E-state index is 5.52. The van der Waals surface area contributed by atoms with Crippen LogP contribution in [0.4, 0.5) is 0 Å². The molecule has 1 atom stereocenters. The fourth-order valence-corrected chi connectivity index (χ4v) is 3.32. The standard InChI is InChI=1S/C18H28N4O3/c1-21-7-6-19-18(21)20-13-15(22-8-10-25-11-9-22)14-4-5-16(23-2)17(12-14)24-3/h4-5,12,15H,6-11,13H2,1-3H3,(H,19,20). The van der Waals surface area contributed by atoms with Crippen molar-refractivity contribution in [3.63, 3.8) is 0 Å². The van der Waals surface area contributed by atoms with E-state index >= 15 is 0 Å². The molecule has 3 rings (SSSR count). The van der Waals surface area contributed by atoms with Crippen LogP contribution in [-0.2, 0) is 4.74 Å². The van der Waals surface area contributed by atoms with Crippen LogP contribution in [-0.4, -0.2) is 83.0 Å². The zero-order valence-electron chi connectivity index (χ0n) is 15.3. The van der Waals surface area contributed by atoms with Gasteiger partial charge in [0.25, 0.3) is 0 Å². The molecule has 1 unspecified atom stereocenters. The lowest BCUT2D eigenvalue weighted by Gasteiger charge is -2.35. The van der Waals surface area contributed by atoms with Gasteiger partial charge in [-0.25, -0.2) is 0 Å². The van der Waals surface area contributed by atoms with E-state index in [9.17, 15) is 0 Å². The van der Waals surface area contributed by atoms with E-state index in [1.807, 2.05) is 6.07 Å². The molecule has 0 aliphatic carbocycles. The van der Waals surface area contributed by atoms with Gasteiger partial charge in [-0.05, 0) is 17.7 Å². The molecular formula is C18H28N4O3. The molecule has 0 aromatic heterocycles. The van der Waals surface area contributed by atoms with Gasteiger partial charge >= 0.3 is 0 Å². The highest BCUT2D eigenvalue weighted by Crippen LogP contribution is 2.32. The van der Waals surface area contributed by atoms with E-state index in [0.717, 1.165) is 63.4 Å². The van der Waals surface area contributed by atoms with Crippen molar-refractivity contribution in [2.24, 2.45) is 4.99 Å². The second-order valence-corrected chi connectivity index (χ2v) is 6.29. The van der Waals surface area contributed by atoms with Crippen molar-refractivity contribution in [1.82, 2.24) is 15.1 Å². The van der Waals surface area contributed by atoms with E-state index in [0.29, 0.717) is 0 Å². The molecule has 2 aliphatic rings. The van der Waals surface area contributed by atoms with Crippen molar-refractivity contribution < 1.29 is 14.2 Å². The molecular weight excluding hydrogens is 320 g/mol. The Bertz CT molecular complexity index is 602. The first-order chi connectivity index (χ1) is 12.2. The van der Waals surface area contributed by atoms with Crippen LogP contribution in [0.15, 0.2) is 23.2 Å². The number of guanidine groups is 1. The third-order valence-corrected chi connectivity index (χ3v) is 4.79. The number of methoxy groups -OCH3 is 2. The fourth-order valence-electron chi connectivity index (χ4n) is 3.32. The van der Waals surface area contributed by atoms with Crippen LogP contribution in [0, 0.1) is 0 Å². The van der Waals surface area contributed by atoms with E-state index in [4.69, 9.17) is 14.2 Å². The molecule has 1 fully saturated rings. The molecule has 0 amide bonds. The minimum absolute atomic E-state index is 0.223. The van der Waals surface area contributed by atoms with Crippen molar-refractivity contribution in [3.8, 4) is 11.5 Å². The van der Waals surface area contributed by atoms with Crippen LogP contribution < -0.4 is 14.8 Å². The number of likely N-dealkylation sites (N-methyl/N-ethyl adjacent to an activating group) is 1. The summed E-state index contributed by atoms with van der Waals surface area (Å²) < 4.78 is 16.4. The van der Waals surface area contributed by atoms with Gasteiger partial charge in [0.15, 0.2) is 17.5 Å². The normalized spacial score (nSPS) is 19.5. The van der Waals surface area contributed by atoms with Crippen LogP contribution in [0.1, 0.15) is 11.6 Å². The Morgan fingerprint density at radius 1 is 1.16 bits per heavy atom. The summed E-state index contributed by atoms with van der Waals surface area (Å²) in [6, 6.07) is 6.38. The van der Waals surface area contributed by atoms with Crippen LogP contribution >= 0.6 is 0 Å². The summed E-state index contributed by atoms with van der Waals surface area (Å²) in [7, 11) is 5.40. The molecule has 1 N–H and O–H groups in total.